The van der Waals surface area contributed by atoms with Crippen LogP contribution in [0.3, 0.4) is 0 Å². The van der Waals surface area contributed by atoms with Crippen molar-refractivity contribution in [2.24, 2.45) is 0 Å². The van der Waals surface area contributed by atoms with Crippen molar-refractivity contribution >= 4 is 43.1 Å². The number of benzene rings is 7. The Hall–Kier alpha value is -6.26. The molecule has 0 aliphatic heterocycles. The van der Waals surface area contributed by atoms with Gasteiger partial charge in [-0.05, 0) is 49.3 Å². The smallest absolute Gasteiger partial charge is 0.165 e. The number of fused-ring (bicyclic) bond motifs is 5. The molecule has 0 unspecified atom stereocenters. The molecule has 46 heavy (non-hydrogen) atoms. The van der Waals surface area contributed by atoms with Gasteiger partial charge in [0.1, 0.15) is 0 Å². The van der Waals surface area contributed by atoms with Crippen LogP contribution in [0.15, 0.2) is 158 Å². The van der Waals surface area contributed by atoms with E-state index < -0.39 is 0 Å². The van der Waals surface area contributed by atoms with Crippen molar-refractivity contribution in [1.29, 1.82) is 0 Å². The van der Waals surface area contributed by atoms with Gasteiger partial charge >= 0.3 is 0 Å². The number of hydrogen-bond acceptors (Lipinski definition) is 4. The van der Waals surface area contributed by atoms with Crippen LogP contribution in [0.1, 0.15) is 0 Å². The summed E-state index contributed by atoms with van der Waals surface area (Å²) in [7, 11) is 0. The molecule has 0 saturated heterocycles. The fraction of sp³-hybridized carbons (Fsp3) is 0. The van der Waals surface area contributed by atoms with Crippen LogP contribution in [0, 0.1) is 0 Å². The molecule has 0 radical (unpaired) electrons. The summed E-state index contributed by atoms with van der Waals surface area (Å²) in [6.45, 7) is 0. The van der Waals surface area contributed by atoms with E-state index >= 15 is 0 Å². The van der Waals surface area contributed by atoms with Gasteiger partial charge in [0.05, 0.1) is 0 Å². The van der Waals surface area contributed by atoms with E-state index in [2.05, 4.69) is 114 Å². The lowest BCUT2D eigenvalue weighted by molar-refractivity contribution is 1.08. The van der Waals surface area contributed by atoms with E-state index in [0.717, 1.165) is 49.4 Å². The van der Waals surface area contributed by atoms with Crippen molar-refractivity contribution in [2.45, 2.75) is 0 Å². The maximum atomic E-state index is 5.20. The molecule has 0 saturated carbocycles. The first-order valence-electron chi connectivity index (χ1n) is 15.4. The van der Waals surface area contributed by atoms with Crippen LogP contribution < -0.4 is 0 Å². The topological polar surface area (TPSA) is 51.6 Å². The lowest BCUT2D eigenvalue weighted by Gasteiger charge is -2.14. The van der Waals surface area contributed by atoms with Crippen LogP contribution >= 0.6 is 0 Å². The Kier molecular flexibility index (Phi) is 6.10. The van der Waals surface area contributed by atoms with E-state index in [0.29, 0.717) is 17.5 Å². The van der Waals surface area contributed by atoms with Crippen molar-refractivity contribution in [3.63, 3.8) is 0 Å². The summed E-state index contributed by atoms with van der Waals surface area (Å²) in [6, 6.07) is 50.7. The SMILES string of the molecule is c1ccc(-c2nc(-c3ccc(-c4cncc5ccccc45)cc3)nc(-c3c4ccccc4cc4c3ccc3ccccc34)n2)cc1. The van der Waals surface area contributed by atoms with Crippen molar-refractivity contribution in [3.8, 4) is 45.3 Å². The van der Waals surface area contributed by atoms with Crippen molar-refractivity contribution in [1.82, 2.24) is 19.9 Å². The lowest BCUT2D eigenvalue weighted by atomic mass is 9.93. The molecule has 0 fully saturated rings. The second-order valence-electron chi connectivity index (χ2n) is 11.5. The van der Waals surface area contributed by atoms with Gasteiger partial charge in [-0.25, -0.2) is 15.0 Å². The first-order chi connectivity index (χ1) is 22.8. The molecule has 2 heterocycles. The number of nitrogens with zero attached hydrogens (tertiary/aromatic N) is 4. The highest BCUT2D eigenvalue weighted by Crippen LogP contribution is 2.39. The lowest BCUT2D eigenvalue weighted by Crippen LogP contribution is -2.01. The molecule has 7 aromatic carbocycles. The average molecular weight is 587 g/mol. The molecule has 0 aliphatic rings. The van der Waals surface area contributed by atoms with Crippen LogP contribution in [0.2, 0.25) is 0 Å². The second-order valence-corrected chi connectivity index (χ2v) is 11.5. The maximum absolute atomic E-state index is 5.20. The Morgan fingerprint density at radius 3 is 1.70 bits per heavy atom. The predicted molar refractivity (Wildman–Crippen MR) is 189 cm³/mol. The largest absolute Gasteiger partial charge is 0.263 e. The van der Waals surface area contributed by atoms with Gasteiger partial charge in [-0.2, -0.15) is 0 Å². The van der Waals surface area contributed by atoms with Crippen LogP contribution in [-0.4, -0.2) is 19.9 Å². The van der Waals surface area contributed by atoms with E-state index in [-0.39, 0.29) is 0 Å². The fourth-order valence-electron chi connectivity index (χ4n) is 6.54. The van der Waals surface area contributed by atoms with Crippen molar-refractivity contribution in [3.05, 3.63) is 158 Å². The summed E-state index contributed by atoms with van der Waals surface area (Å²) in [6.07, 6.45) is 3.84. The third-order valence-electron chi connectivity index (χ3n) is 8.78. The van der Waals surface area contributed by atoms with Gasteiger partial charge in [0.15, 0.2) is 17.5 Å². The minimum Gasteiger partial charge on any atom is -0.263 e. The maximum Gasteiger partial charge on any atom is 0.165 e. The Labute approximate surface area is 265 Å². The zero-order chi connectivity index (χ0) is 30.5. The molecule has 0 spiro atoms. The molecule has 214 valence electrons. The summed E-state index contributed by atoms with van der Waals surface area (Å²) in [5.74, 6) is 1.93. The van der Waals surface area contributed by atoms with Crippen molar-refractivity contribution in [2.75, 3.05) is 0 Å². The quantitative estimate of drug-likeness (QED) is 0.152. The Bertz CT molecular complexity index is 2570. The zero-order valence-electron chi connectivity index (χ0n) is 24.8. The summed E-state index contributed by atoms with van der Waals surface area (Å²) >= 11 is 0. The molecule has 2 aromatic heterocycles. The molecule has 9 rings (SSSR count). The Morgan fingerprint density at radius 2 is 0.913 bits per heavy atom. The minimum absolute atomic E-state index is 0.633. The summed E-state index contributed by atoms with van der Waals surface area (Å²) in [5, 5.41) is 9.28. The monoisotopic (exact) mass is 586 g/mol. The van der Waals surface area contributed by atoms with Gasteiger partial charge in [0.2, 0.25) is 0 Å². The highest BCUT2D eigenvalue weighted by Gasteiger charge is 2.18. The van der Waals surface area contributed by atoms with E-state index in [1.54, 1.807) is 0 Å². The van der Waals surface area contributed by atoms with Gasteiger partial charge < -0.3 is 0 Å². The van der Waals surface area contributed by atoms with Gasteiger partial charge in [0.25, 0.3) is 0 Å². The summed E-state index contributed by atoms with van der Waals surface area (Å²) in [5.41, 5.74) is 5.07. The molecule has 9 aromatic rings. The number of pyridine rings is 1. The van der Waals surface area contributed by atoms with E-state index in [1.807, 2.05) is 48.8 Å². The van der Waals surface area contributed by atoms with Crippen molar-refractivity contribution < 1.29 is 0 Å². The number of hydrogen-bond donors (Lipinski definition) is 0. The molecule has 0 N–H and O–H groups in total. The summed E-state index contributed by atoms with van der Waals surface area (Å²) < 4.78 is 0. The van der Waals surface area contributed by atoms with Crippen LogP contribution in [0.25, 0.3) is 88.4 Å². The van der Waals surface area contributed by atoms with Gasteiger partial charge in [-0.15, -0.1) is 0 Å². The molecular formula is C42H26N4. The third-order valence-corrected chi connectivity index (χ3v) is 8.78. The fourth-order valence-corrected chi connectivity index (χ4v) is 6.54. The number of aromatic nitrogens is 4. The Morgan fingerprint density at radius 1 is 0.326 bits per heavy atom. The highest BCUT2D eigenvalue weighted by molar-refractivity contribution is 6.19. The average Bonchev–Trinajstić information content (AvgIpc) is 3.14. The van der Waals surface area contributed by atoms with Crippen LogP contribution in [-0.2, 0) is 0 Å². The van der Waals surface area contributed by atoms with Crippen LogP contribution in [0.4, 0.5) is 0 Å². The van der Waals surface area contributed by atoms with E-state index in [1.165, 1.54) is 21.5 Å². The molecule has 4 heteroatoms. The van der Waals surface area contributed by atoms with Gasteiger partial charge in [0, 0.05) is 40.0 Å². The zero-order valence-corrected chi connectivity index (χ0v) is 24.8. The first-order valence-corrected chi connectivity index (χ1v) is 15.4. The number of rotatable bonds is 4. The molecule has 0 atom stereocenters. The van der Waals surface area contributed by atoms with E-state index in [9.17, 15) is 0 Å². The van der Waals surface area contributed by atoms with Gasteiger partial charge in [-0.3, -0.25) is 4.98 Å². The minimum atomic E-state index is 0.633. The van der Waals surface area contributed by atoms with E-state index in [4.69, 9.17) is 15.0 Å². The normalized spacial score (nSPS) is 11.5. The van der Waals surface area contributed by atoms with Crippen LogP contribution in [0.5, 0.6) is 0 Å². The second kappa shape index (κ2) is 10.7. The molecule has 4 nitrogen and oxygen atoms in total. The first kappa shape index (κ1) is 26.2. The molecule has 0 bridgehead atoms. The molecule has 0 aliphatic carbocycles. The highest BCUT2D eigenvalue weighted by atomic mass is 15.0. The third kappa shape index (κ3) is 4.39. The Balaban J connectivity index is 1.28. The standard InChI is InChI=1S/C42H26N4/c1-2-11-29(12-3-1)40-44-41(30-20-18-28(19-21-30)38-26-43-25-32-14-6-8-16-34(32)38)46-42(45-40)39-35-17-9-5-13-31(35)24-37-33-15-7-4-10-27(33)22-23-36(37)39/h1-26H. The molecule has 0 amide bonds. The predicted octanol–water partition coefficient (Wildman–Crippen LogP) is 10.5. The van der Waals surface area contributed by atoms with Gasteiger partial charge in [-0.1, -0.05) is 140 Å². The summed E-state index contributed by atoms with van der Waals surface area (Å²) in [4.78, 5) is 19.9. The molecular weight excluding hydrogens is 560 g/mol.